The second-order valence-electron chi connectivity index (χ2n) is 7.27. The first-order valence-electron chi connectivity index (χ1n) is 10.2. The van der Waals surface area contributed by atoms with Crippen LogP contribution >= 0.6 is 27.7 Å². The fourth-order valence-electron chi connectivity index (χ4n) is 3.01. The highest BCUT2D eigenvalue weighted by Gasteiger charge is 2.11. The molecular formula is C23H21BrN6O2S. The number of fused-ring (bicyclic) bond motifs is 1. The number of rotatable bonds is 8. The van der Waals surface area contributed by atoms with Crippen LogP contribution in [0.15, 0.2) is 70.2 Å². The molecule has 4 aromatic rings. The van der Waals surface area contributed by atoms with E-state index in [0.717, 1.165) is 15.7 Å². The van der Waals surface area contributed by atoms with Crippen LogP contribution in [0.5, 0.6) is 0 Å². The summed E-state index contributed by atoms with van der Waals surface area (Å²) in [5.74, 6) is 0.603. The van der Waals surface area contributed by atoms with Gasteiger partial charge in [0.25, 0.3) is 5.91 Å². The van der Waals surface area contributed by atoms with Crippen LogP contribution in [0.2, 0.25) is 0 Å². The number of hydrogen-bond acceptors (Lipinski definition) is 6. The monoisotopic (exact) mass is 524 g/mol. The molecule has 0 aliphatic heterocycles. The number of aryl methyl sites for hydroxylation is 1. The minimum Gasteiger partial charge on any atom is -0.352 e. The average Bonchev–Trinajstić information content (AvgIpc) is 3.22. The summed E-state index contributed by atoms with van der Waals surface area (Å²) in [7, 11) is 0. The highest BCUT2D eigenvalue weighted by atomic mass is 79.9. The maximum Gasteiger partial charge on any atom is 0.251 e. The summed E-state index contributed by atoms with van der Waals surface area (Å²) in [5.41, 5.74) is 3.07. The Kier molecular flexibility index (Phi) is 7.36. The van der Waals surface area contributed by atoms with Crippen molar-refractivity contribution in [1.82, 2.24) is 25.1 Å². The molecular weight excluding hydrogens is 504 g/mol. The van der Waals surface area contributed by atoms with Gasteiger partial charge in [-0.05, 0) is 55.5 Å². The minimum atomic E-state index is -0.134. The van der Waals surface area contributed by atoms with Crippen LogP contribution in [0.1, 0.15) is 21.7 Å². The minimum absolute atomic E-state index is 0.119. The lowest BCUT2D eigenvalue weighted by atomic mass is 10.1. The van der Waals surface area contributed by atoms with E-state index in [9.17, 15) is 9.59 Å². The van der Waals surface area contributed by atoms with Crippen molar-refractivity contribution in [2.24, 2.45) is 0 Å². The number of benzene rings is 2. The Balaban J connectivity index is 1.32. The molecule has 0 spiro atoms. The van der Waals surface area contributed by atoms with Gasteiger partial charge in [0.15, 0.2) is 11.5 Å². The molecule has 10 heteroatoms. The topological polar surface area (TPSA) is 101 Å². The molecule has 0 bridgehead atoms. The Labute approximate surface area is 203 Å². The molecule has 2 N–H and O–H groups in total. The van der Waals surface area contributed by atoms with Gasteiger partial charge >= 0.3 is 0 Å². The summed E-state index contributed by atoms with van der Waals surface area (Å²) >= 11 is 4.70. The number of carbonyl (C=O) groups is 2. The van der Waals surface area contributed by atoms with Crippen molar-refractivity contribution in [2.75, 3.05) is 17.6 Å². The van der Waals surface area contributed by atoms with Crippen molar-refractivity contribution in [2.45, 2.75) is 18.4 Å². The molecule has 2 aromatic carbocycles. The summed E-state index contributed by atoms with van der Waals surface area (Å²) < 4.78 is 2.60. The number of nitrogens with one attached hydrogen (secondary N) is 2. The van der Waals surface area contributed by atoms with E-state index in [1.54, 1.807) is 16.6 Å². The summed E-state index contributed by atoms with van der Waals surface area (Å²) in [5, 5.41) is 19.3. The number of carbonyl (C=O) groups excluding carboxylic acids is 2. The van der Waals surface area contributed by atoms with E-state index in [2.05, 4.69) is 41.9 Å². The normalized spacial score (nSPS) is 10.8. The third-order valence-electron chi connectivity index (χ3n) is 4.73. The average molecular weight is 525 g/mol. The van der Waals surface area contributed by atoms with E-state index in [4.69, 9.17) is 0 Å². The number of nitrogens with zero attached hydrogens (tertiary/aromatic N) is 4. The zero-order valence-corrected chi connectivity index (χ0v) is 20.2. The zero-order chi connectivity index (χ0) is 23.2. The molecule has 0 radical (unpaired) electrons. The molecule has 0 unspecified atom stereocenters. The van der Waals surface area contributed by atoms with Gasteiger partial charge in [0.2, 0.25) is 5.91 Å². The van der Waals surface area contributed by atoms with Crippen molar-refractivity contribution in [1.29, 1.82) is 0 Å². The van der Waals surface area contributed by atoms with Gasteiger partial charge in [-0.15, -0.1) is 10.2 Å². The third-order valence-corrected chi connectivity index (χ3v) is 6.18. The summed E-state index contributed by atoms with van der Waals surface area (Å²) in [6.45, 7) is 2.38. The lowest BCUT2D eigenvalue weighted by molar-refractivity contribution is -0.113. The van der Waals surface area contributed by atoms with Gasteiger partial charge in [-0.2, -0.15) is 9.61 Å². The van der Waals surface area contributed by atoms with Crippen molar-refractivity contribution >= 4 is 50.8 Å². The zero-order valence-electron chi connectivity index (χ0n) is 17.8. The van der Waals surface area contributed by atoms with Gasteiger partial charge < -0.3 is 10.6 Å². The second kappa shape index (κ2) is 10.6. The molecule has 4 rings (SSSR count). The van der Waals surface area contributed by atoms with Gasteiger partial charge in [0, 0.05) is 28.7 Å². The summed E-state index contributed by atoms with van der Waals surface area (Å²) in [6.07, 6.45) is 0.476. The predicted octanol–water partition coefficient (Wildman–Crippen LogP) is 3.90. The Bertz CT molecular complexity index is 1270. The van der Waals surface area contributed by atoms with E-state index < -0.39 is 0 Å². The van der Waals surface area contributed by atoms with Gasteiger partial charge in [-0.25, -0.2) is 0 Å². The summed E-state index contributed by atoms with van der Waals surface area (Å²) in [6, 6.07) is 18.4. The molecule has 2 heterocycles. The first kappa shape index (κ1) is 22.9. The number of amides is 2. The Hall–Kier alpha value is -3.24. The molecule has 8 nitrogen and oxygen atoms in total. The fraction of sp³-hybridized carbons (Fsp3) is 0.174. The Morgan fingerprint density at radius 2 is 1.76 bits per heavy atom. The molecule has 0 aliphatic carbocycles. The number of halogens is 1. The molecule has 2 aromatic heterocycles. The van der Waals surface area contributed by atoms with E-state index in [1.165, 1.54) is 11.8 Å². The number of anilines is 1. The Morgan fingerprint density at radius 3 is 2.52 bits per heavy atom. The smallest absolute Gasteiger partial charge is 0.251 e. The van der Waals surface area contributed by atoms with Crippen LogP contribution in [0, 0.1) is 6.92 Å². The highest BCUT2D eigenvalue weighted by Crippen LogP contribution is 2.18. The maximum absolute atomic E-state index is 12.3. The van der Waals surface area contributed by atoms with Gasteiger partial charge in [-0.3, -0.25) is 9.59 Å². The summed E-state index contributed by atoms with van der Waals surface area (Å²) in [4.78, 5) is 24.5. The van der Waals surface area contributed by atoms with Gasteiger partial charge in [0.1, 0.15) is 5.03 Å². The fourth-order valence-corrected chi connectivity index (χ4v) is 3.93. The number of aromatic nitrogens is 4. The quantitative estimate of drug-likeness (QED) is 0.339. The van der Waals surface area contributed by atoms with Crippen molar-refractivity contribution < 1.29 is 9.59 Å². The van der Waals surface area contributed by atoms with E-state index >= 15 is 0 Å². The van der Waals surface area contributed by atoms with Crippen LogP contribution in [-0.2, 0) is 11.2 Å². The van der Waals surface area contributed by atoms with E-state index in [0.29, 0.717) is 35.0 Å². The molecule has 2 amide bonds. The number of hydrogen-bond donors (Lipinski definition) is 2. The van der Waals surface area contributed by atoms with Crippen molar-refractivity contribution in [3.8, 4) is 0 Å². The molecule has 0 saturated heterocycles. The lowest BCUT2D eigenvalue weighted by Crippen LogP contribution is -2.26. The lowest BCUT2D eigenvalue weighted by Gasteiger charge is -2.06. The second-order valence-corrected chi connectivity index (χ2v) is 9.18. The van der Waals surface area contributed by atoms with Crippen LogP contribution in [-0.4, -0.2) is 43.9 Å². The molecule has 33 heavy (non-hydrogen) atoms. The predicted molar refractivity (Wildman–Crippen MR) is 131 cm³/mol. The largest absolute Gasteiger partial charge is 0.352 e. The third kappa shape index (κ3) is 6.17. The first-order chi connectivity index (χ1) is 16.0. The first-order valence-corrected chi connectivity index (χ1v) is 12.0. The molecule has 0 aliphatic rings. The molecule has 0 saturated carbocycles. The molecule has 0 fully saturated rings. The van der Waals surface area contributed by atoms with E-state index in [1.807, 2.05) is 55.5 Å². The van der Waals surface area contributed by atoms with Crippen LogP contribution in [0.25, 0.3) is 5.65 Å². The van der Waals surface area contributed by atoms with Gasteiger partial charge in [0.05, 0.1) is 5.75 Å². The number of thioether (sulfide) groups is 1. The standard InChI is InChI=1S/C23H21BrN6O2S/c1-15-2-4-16(5-3-15)23(32)25-13-12-20-28-27-19-10-11-22(29-30(19)20)33-14-21(31)26-18-8-6-17(24)7-9-18/h2-11H,12-14H2,1H3,(H,25,32)(H,26,31). The van der Waals surface area contributed by atoms with E-state index in [-0.39, 0.29) is 17.6 Å². The van der Waals surface area contributed by atoms with Gasteiger partial charge in [-0.1, -0.05) is 45.4 Å². The van der Waals surface area contributed by atoms with Crippen molar-refractivity contribution in [3.63, 3.8) is 0 Å². The molecule has 0 atom stereocenters. The van der Waals surface area contributed by atoms with Crippen LogP contribution in [0.3, 0.4) is 0 Å². The highest BCUT2D eigenvalue weighted by molar-refractivity contribution is 9.10. The Morgan fingerprint density at radius 1 is 1.00 bits per heavy atom. The van der Waals surface area contributed by atoms with Crippen molar-refractivity contribution in [3.05, 3.63) is 82.1 Å². The van der Waals surface area contributed by atoms with Crippen LogP contribution in [0.4, 0.5) is 5.69 Å². The SMILES string of the molecule is Cc1ccc(C(=O)NCCc2nnc3ccc(SCC(=O)Nc4ccc(Br)cc4)nn23)cc1. The molecule has 168 valence electrons. The van der Waals surface area contributed by atoms with Crippen LogP contribution < -0.4 is 10.6 Å². The maximum atomic E-state index is 12.3.